The van der Waals surface area contributed by atoms with Crippen molar-refractivity contribution in [2.45, 2.75) is 218 Å². The molecule has 0 bridgehead atoms. The Balaban J connectivity index is 0.00000112. The molecule has 8 nitrogen and oxygen atoms in total. The van der Waals surface area contributed by atoms with Crippen molar-refractivity contribution in [1.29, 1.82) is 0 Å². The molecule has 0 fully saturated rings. The molecule has 0 aliphatic carbocycles. The van der Waals surface area contributed by atoms with Crippen molar-refractivity contribution in [3.63, 3.8) is 0 Å². The summed E-state index contributed by atoms with van der Waals surface area (Å²) in [6.07, 6.45) is 33.4. The summed E-state index contributed by atoms with van der Waals surface area (Å²) in [6, 6.07) is 19.3. The van der Waals surface area contributed by atoms with E-state index in [1.54, 1.807) is 0 Å². The second kappa shape index (κ2) is 44.8. The first-order valence-electron chi connectivity index (χ1n) is 23.4. The second-order valence-electron chi connectivity index (χ2n) is 16.1. The van der Waals surface area contributed by atoms with Crippen LogP contribution in [0.1, 0.15) is 204 Å². The van der Waals surface area contributed by atoms with E-state index in [9.17, 15) is 19.8 Å². The molecule has 2 unspecified atom stereocenters. The zero-order valence-electron chi connectivity index (χ0n) is 37.0. The molecule has 0 heterocycles. The molecule has 0 aliphatic heterocycles. The van der Waals surface area contributed by atoms with Crippen LogP contribution in [-0.4, -0.2) is 96.5 Å². The van der Waals surface area contributed by atoms with Gasteiger partial charge in [-0.1, -0.05) is 228 Å². The number of hydrogen-bond acceptors (Lipinski definition) is 8. The summed E-state index contributed by atoms with van der Waals surface area (Å²) in [5.74, 6) is -2.20. The summed E-state index contributed by atoms with van der Waals surface area (Å²) < 4.78 is 11.1. The van der Waals surface area contributed by atoms with Crippen molar-refractivity contribution in [2.24, 2.45) is 0 Å². The number of aliphatic carboxylic acids is 2. The molecule has 0 amide bonds. The van der Waals surface area contributed by atoms with Gasteiger partial charge in [-0.05, 0) is 36.8 Å². The van der Waals surface area contributed by atoms with Crippen molar-refractivity contribution in [1.82, 2.24) is 0 Å². The van der Waals surface area contributed by atoms with E-state index < -0.39 is 24.1 Å². The Labute approximate surface area is 400 Å². The molecule has 2 atom stereocenters. The first kappa shape index (κ1) is 57.8. The third-order valence-corrected chi connectivity index (χ3v) is 10.9. The first-order valence-corrected chi connectivity index (χ1v) is 23.4. The van der Waals surface area contributed by atoms with Crippen LogP contribution >= 0.6 is 0 Å². The van der Waals surface area contributed by atoms with E-state index >= 15 is 0 Å². The molecule has 0 radical (unpaired) electrons. The molecular formula is C50H82BaO8. The SMILES string of the molecule is O=C([O-])C(CCCCCCCCCCCCCCCCO)OCc1ccccc1.O=C([O-])C(CCCCCCCCCCCCCCCCO)OCc1ccccc1.[Ba+2]. The summed E-state index contributed by atoms with van der Waals surface area (Å²) in [5, 5.41) is 40.0. The molecule has 2 aromatic rings. The van der Waals surface area contributed by atoms with Crippen molar-refractivity contribution in [3.8, 4) is 0 Å². The van der Waals surface area contributed by atoms with Gasteiger partial charge in [-0.3, -0.25) is 0 Å². The van der Waals surface area contributed by atoms with Crippen LogP contribution in [0.25, 0.3) is 0 Å². The number of carbonyl (C=O) groups excluding carboxylic acids is 2. The Morgan fingerprint density at radius 3 is 0.831 bits per heavy atom. The van der Waals surface area contributed by atoms with Crippen molar-refractivity contribution in [2.75, 3.05) is 13.2 Å². The van der Waals surface area contributed by atoms with Gasteiger partial charge in [-0.25, -0.2) is 0 Å². The van der Waals surface area contributed by atoms with E-state index in [-0.39, 0.29) is 48.9 Å². The molecular weight excluding hydrogens is 866 g/mol. The van der Waals surface area contributed by atoms with Crippen LogP contribution < -0.4 is 10.2 Å². The standard InChI is InChI=1S/2C25H42O4.Ba/c2*26-21-17-12-10-8-6-4-2-1-3-5-7-9-11-16-20-24(25(27)28)29-22-23-18-14-13-15-19-23;/h2*13-15,18-19,24,26H,1-12,16-17,20-22H2,(H,27,28);/q;;+2/p-2. The Kier molecular flexibility index (Phi) is 43.9. The normalized spacial score (nSPS) is 12.0. The smallest absolute Gasteiger partial charge is 0.547 e. The second-order valence-corrected chi connectivity index (χ2v) is 16.1. The van der Waals surface area contributed by atoms with E-state index in [4.69, 9.17) is 19.7 Å². The zero-order chi connectivity index (χ0) is 42.0. The van der Waals surface area contributed by atoms with Gasteiger partial charge < -0.3 is 39.5 Å². The number of ether oxygens (including phenoxy) is 2. The number of unbranched alkanes of at least 4 members (excludes halogenated alkanes) is 26. The van der Waals surface area contributed by atoms with Gasteiger partial charge in [0.25, 0.3) is 0 Å². The fraction of sp³-hybridized carbons (Fsp3) is 0.720. The maximum absolute atomic E-state index is 11.3. The Morgan fingerprint density at radius 2 is 0.610 bits per heavy atom. The van der Waals surface area contributed by atoms with Gasteiger partial charge in [-0.2, -0.15) is 0 Å². The molecule has 0 saturated heterocycles. The van der Waals surface area contributed by atoms with E-state index in [1.807, 2.05) is 60.7 Å². The molecule has 0 saturated carbocycles. The van der Waals surface area contributed by atoms with Gasteiger partial charge in [0.05, 0.1) is 37.4 Å². The number of aliphatic hydroxyl groups is 2. The third-order valence-electron chi connectivity index (χ3n) is 10.9. The average Bonchev–Trinajstić information content (AvgIpc) is 3.23. The van der Waals surface area contributed by atoms with Crippen molar-refractivity contribution >= 4 is 60.8 Å². The van der Waals surface area contributed by atoms with Gasteiger partial charge in [0, 0.05) is 13.2 Å². The molecule has 2 rings (SSSR count). The minimum absolute atomic E-state index is 0. The monoisotopic (exact) mass is 949 g/mol. The third kappa shape index (κ3) is 38.2. The van der Waals surface area contributed by atoms with Crippen LogP contribution in [0.5, 0.6) is 0 Å². The van der Waals surface area contributed by atoms with E-state index in [0.29, 0.717) is 39.3 Å². The predicted octanol–water partition coefficient (Wildman–Crippen LogP) is 9.95. The number of carboxylic acid groups (broad SMARTS) is 2. The Bertz CT molecular complexity index is 1080. The molecule has 0 aromatic heterocycles. The minimum atomic E-state index is -1.10. The van der Waals surface area contributed by atoms with Crippen LogP contribution in [0.2, 0.25) is 0 Å². The van der Waals surface area contributed by atoms with Gasteiger partial charge in [0.15, 0.2) is 0 Å². The maximum Gasteiger partial charge on any atom is 2.00 e. The molecule has 9 heteroatoms. The van der Waals surface area contributed by atoms with E-state index in [1.165, 1.54) is 141 Å². The summed E-state index contributed by atoms with van der Waals surface area (Å²) in [5.41, 5.74) is 1.97. The largest absolute Gasteiger partial charge is 2.00 e. The van der Waals surface area contributed by atoms with Gasteiger partial charge in [-0.15, -0.1) is 0 Å². The maximum atomic E-state index is 11.3. The van der Waals surface area contributed by atoms with Crippen LogP contribution in [-0.2, 0) is 32.3 Å². The van der Waals surface area contributed by atoms with E-state index in [2.05, 4.69) is 0 Å². The first-order chi connectivity index (χ1) is 28.5. The molecule has 2 aromatic carbocycles. The Morgan fingerprint density at radius 1 is 0.390 bits per heavy atom. The number of rotatable bonds is 40. The summed E-state index contributed by atoms with van der Waals surface area (Å²) in [6.45, 7) is 1.31. The minimum Gasteiger partial charge on any atom is -0.547 e. The summed E-state index contributed by atoms with van der Waals surface area (Å²) >= 11 is 0. The fourth-order valence-corrected chi connectivity index (χ4v) is 7.21. The number of hydrogen-bond donors (Lipinski definition) is 2. The molecule has 59 heavy (non-hydrogen) atoms. The van der Waals surface area contributed by atoms with Crippen molar-refractivity contribution in [3.05, 3.63) is 71.8 Å². The van der Waals surface area contributed by atoms with Gasteiger partial charge >= 0.3 is 48.9 Å². The number of carbonyl (C=O) groups is 2. The van der Waals surface area contributed by atoms with Crippen molar-refractivity contribution < 1.29 is 39.5 Å². The average molecular weight is 949 g/mol. The quantitative estimate of drug-likeness (QED) is 0.0498. The number of benzene rings is 2. The van der Waals surface area contributed by atoms with Crippen LogP contribution in [0.3, 0.4) is 0 Å². The topological polar surface area (TPSA) is 139 Å². The molecule has 0 aliphatic rings. The summed E-state index contributed by atoms with van der Waals surface area (Å²) in [4.78, 5) is 22.5. The van der Waals surface area contributed by atoms with Crippen LogP contribution in [0.4, 0.5) is 0 Å². The number of carboxylic acids is 2. The predicted molar refractivity (Wildman–Crippen MR) is 238 cm³/mol. The van der Waals surface area contributed by atoms with Gasteiger partial charge in [0.2, 0.25) is 0 Å². The molecule has 0 spiro atoms. The zero-order valence-corrected chi connectivity index (χ0v) is 41.5. The van der Waals surface area contributed by atoms with Crippen LogP contribution in [0.15, 0.2) is 60.7 Å². The number of aliphatic hydroxyl groups excluding tert-OH is 2. The molecule has 2 N–H and O–H groups in total. The Hall–Kier alpha value is -1.21. The molecule has 332 valence electrons. The summed E-state index contributed by atoms with van der Waals surface area (Å²) in [7, 11) is 0. The van der Waals surface area contributed by atoms with Gasteiger partial charge in [0.1, 0.15) is 0 Å². The van der Waals surface area contributed by atoms with E-state index in [0.717, 1.165) is 49.7 Å². The fourth-order valence-electron chi connectivity index (χ4n) is 7.21. The van der Waals surface area contributed by atoms with Crippen LogP contribution in [0, 0.1) is 0 Å².